The second-order valence-electron chi connectivity index (χ2n) is 8.39. The molecule has 1 aliphatic rings. The SMILES string of the molecule is CNc1nc(-c2ccc(OC)c(NC(=O)C3CCN(S(=O)(=O)c4cc(OC)ccc4OC)CC3)c2)cs1. The Bertz CT molecular complexity index is 1370. The lowest BCUT2D eigenvalue weighted by Gasteiger charge is -2.31. The summed E-state index contributed by atoms with van der Waals surface area (Å²) in [5, 5.41) is 8.72. The summed E-state index contributed by atoms with van der Waals surface area (Å²) in [6.07, 6.45) is 0.772. The van der Waals surface area contributed by atoms with Crippen molar-refractivity contribution in [2.24, 2.45) is 5.92 Å². The van der Waals surface area contributed by atoms with Gasteiger partial charge in [0.1, 0.15) is 22.1 Å². The van der Waals surface area contributed by atoms with E-state index in [-0.39, 0.29) is 35.6 Å². The molecule has 2 N–H and O–H groups in total. The summed E-state index contributed by atoms with van der Waals surface area (Å²) in [4.78, 5) is 17.7. The minimum atomic E-state index is -3.83. The third-order valence-electron chi connectivity index (χ3n) is 6.28. The van der Waals surface area contributed by atoms with Gasteiger partial charge in [-0.05, 0) is 43.2 Å². The number of aromatic nitrogens is 1. The molecule has 1 saturated heterocycles. The van der Waals surface area contributed by atoms with E-state index >= 15 is 0 Å². The lowest BCUT2D eigenvalue weighted by Crippen LogP contribution is -2.41. The third-order valence-corrected chi connectivity index (χ3v) is 9.06. The lowest BCUT2D eigenvalue weighted by atomic mass is 9.97. The Hall–Kier alpha value is -3.35. The zero-order chi connectivity index (χ0) is 26.6. The Morgan fingerprint density at radius 2 is 1.73 bits per heavy atom. The first-order valence-corrected chi connectivity index (χ1v) is 14.0. The minimum absolute atomic E-state index is 0.0438. The molecule has 0 atom stereocenters. The number of carbonyl (C=O) groups excluding carboxylic acids is 1. The Labute approximate surface area is 220 Å². The number of nitrogens with one attached hydrogen (secondary N) is 2. The highest BCUT2D eigenvalue weighted by molar-refractivity contribution is 7.89. The molecule has 0 bridgehead atoms. The molecule has 1 aromatic heterocycles. The second kappa shape index (κ2) is 11.4. The van der Waals surface area contributed by atoms with E-state index < -0.39 is 10.0 Å². The first-order chi connectivity index (χ1) is 17.8. The van der Waals surface area contributed by atoms with Crippen LogP contribution in [-0.2, 0) is 14.8 Å². The van der Waals surface area contributed by atoms with Gasteiger partial charge in [-0.1, -0.05) is 0 Å². The first-order valence-electron chi connectivity index (χ1n) is 11.7. The number of benzene rings is 2. The molecule has 1 fully saturated rings. The molecule has 37 heavy (non-hydrogen) atoms. The number of carbonyl (C=O) groups is 1. The van der Waals surface area contributed by atoms with Crippen LogP contribution in [0.15, 0.2) is 46.7 Å². The monoisotopic (exact) mass is 546 g/mol. The summed E-state index contributed by atoms with van der Waals surface area (Å²) in [6, 6.07) is 10.2. The highest BCUT2D eigenvalue weighted by Gasteiger charge is 2.34. The molecule has 10 nitrogen and oxygen atoms in total. The van der Waals surface area contributed by atoms with Crippen molar-refractivity contribution < 1.29 is 27.4 Å². The Kier molecular flexibility index (Phi) is 8.20. The van der Waals surface area contributed by atoms with Crippen LogP contribution in [0.5, 0.6) is 17.2 Å². The number of amides is 1. The van der Waals surface area contributed by atoms with E-state index in [1.54, 1.807) is 25.3 Å². The number of sulfonamides is 1. The number of methoxy groups -OCH3 is 3. The van der Waals surface area contributed by atoms with Crippen LogP contribution >= 0.6 is 11.3 Å². The van der Waals surface area contributed by atoms with E-state index in [2.05, 4.69) is 15.6 Å². The second-order valence-corrected chi connectivity index (χ2v) is 11.2. The van der Waals surface area contributed by atoms with Gasteiger partial charge >= 0.3 is 0 Å². The fourth-order valence-corrected chi connectivity index (χ4v) is 6.53. The molecule has 0 saturated carbocycles. The van der Waals surface area contributed by atoms with Crippen molar-refractivity contribution in [3.05, 3.63) is 41.8 Å². The largest absolute Gasteiger partial charge is 0.497 e. The summed E-state index contributed by atoms with van der Waals surface area (Å²) >= 11 is 1.49. The normalized spacial score (nSPS) is 14.7. The van der Waals surface area contributed by atoms with Gasteiger partial charge in [0.15, 0.2) is 5.13 Å². The van der Waals surface area contributed by atoms with E-state index in [1.165, 1.54) is 35.9 Å². The van der Waals surface area contributed by atoms with E-state index in [0.29, 0.717) is 30.0 Å². The van der Waals surface area contributed by atoms with Crippen LogP contribution in [0.1, 0.15) is 12.8 Å². The van der Waals surface area contributed by atoms with Crippen LogP contribution in [0.25, 0.3) is 11.3 Å². The van der Waals surface area contributed by atoms with Crippen molar-refractivity contribution in [1.29, 1.82) is 0 Å². The molecule has 3 aromatic rings. The molecule has 1 aliphatic heterocycles. The highest BCUT2D eigenvalue weighted by atomic mass is 32.2. The van der Waals surface area contributed by atoms with Gasteiger partial charge in [0, 0.05) is 43.1 Å². The fraction of sp³-hybridized carbons (Fsp3) is 0.360. The van der Waals surface area contributed by atoms with Gasteiger partial charge in [-0.25, -0.2) is 13.4 Å². The van der Waals surface area contributed by atoms with Crippen molar-refractivity contribution in [3.8, 4) is 28.5 Å². The number of nitrogens with zero attached hydrogens (tertiary/aromatic N) is 2. The van der Waals surface area contributed by atoms with Crippen molar-refractivity contribution in [2.45, 2.75) is 17.7 Å². The van der Waals surface area contributed by atoms with Gasteiger partial charge in [0.05, 0.1) is 32.7 Å². The smallest absolute Gasteiger partial charge is 0.246 e. The number of hydrogen-bond donors (Lipinski definition) is 2. The summed E-state index contributed by atoms with van der Waals surface area (Å²) in [5.74, 6) is 0.674. The van der Waals surface area contributed by atoms with Crippen LogP contribution in [0, 0.1) is 5.92 Å². The average Bonchev–Trinajstić information content (AvgIpc) is 3.42. The van der Waals surface area contributed by atoms with E-state index in [1.807, 2.05) is 24.6 Å². The van der Waals surface area contributed by atoms with Gasteiger partial charge in [-0.2, -0.15) is 4.31 Å². The number of anilines is 2. The van der Waals surface area contributed by atoms with Gasteiger partial charge in [0.2, 0.25) is 15.9 Å². The molecule has 0 unspecified atom stereocenters. The predicted molar refractivity (Wildman–Crippen MR) is 143 cm³/mol. The van der Waals surface area contributed by atoms with Crippen molar-refractivity contribution >= 4 is 38.1 Å². The Morgan fingerprint density at radius 1 is 1.03 bits per heavy atom. The molecule has 0 spiro atoms. The van der Waals surface area contributed by atoms with Gasteiger partial charge in [-0.3, -0.25) is 4.79 Å². The van der Waals surface area contributed by atoms with Crippen LogP contribution in [0.3, 0.4) is 0 Å². The standard InChI is InChI=1S/C25H30N4O6S2/c1-26-25-28-20(15-36-25)17-5-7-21(34-3)19(13-17)27-24(30)16-9-11-29(12-10-16)37(31,32)23-14-18(33-2)6-8-22(23)35-4/h5-8,13-16H,9-12H2,1-4H3,(H,26,28)(H,27,30). The molecule has 2 heterocycles. The summed E-state index contributed by atoms with van der Waals surface area (Å²) < 4.78 is 44.0. The molecule has 4 rings (SSSR count). The molecule has 198 valence electrons. The van der Waals surface area contributed by atoms with Crippen LogP contribution in [-0.4, -0.2) is 65.1 Å². The van der Waals surface area contributed by atoms with Crippen molar-refractivity contribution in [1.82, 2.24) is 9.29 Å². The van der Waals surface area contributed by atoms with Crippen LogP contribution in [0.4, 0.5) is 10.8 Å². The van der Waals surface area contributed by atoms with Crippen LogP contribution < -0.4 is 24.8 Å². The van der Waals surface area contributed by atoms with E-state index in [9.17, 15) is 13.2 Å². The summed E-state index contributed by atoms with van der Waals surface area (Å²) in [6.45, 7) is 0.424. The maximum absolute atomic E-state index is 13.3. The number of thiazole rings is 1. The fourth-order valence-electron chi connectivity index (χ4n) is 4.20. The van der Waals surface area contributed by atoms with E-state index in [0.717, 1.165) is 16.4 Å². The zero-order valence-electron chi connectivity index (χ0n) is 21.1. The quantitative estimate of drug-likeness (QED) is 0.415. The topological polar surface area (TPSA) is 119 Å². The molecule has 0 radical (unpaired) electrons. The molecule has 0 aliphatic carbocycles. The number of ether oxygens (including phenoxy) is 3. The number of piperidine rings is 1. The van der Waals surface area contributed by atoms with Gasteiger partial charge in [-0.15, -0.1) is 11.3 Å². The maximum atomic E-state index is 13.3. The predicted octanol–water partition coefficient (Wildman–Crippen LogP) is 3.92. The highest BCUT2D eigenvalue weighted by Crippen LogP contribution is 2.35. The number of hydrogen-bond acceptors (Lipinski definition) is 9. The molecular formula is C25H30N4O6S2. The third kappa shape index (κ3) is 5.65. The van der Waals surface area contributed by atoms with Crippen molar-refractivity contribution in [2.75, 3.05) is 52.1 Å². The van der Waals surface area contributed by atoms with Crippen LogP contribution in [0.2, 0.25) is 0 Å². The maximum Gasteiger partial charge on any atom is 0.246 e. The zero-order valence-corrected chi connectivity index (χ0v) is 22.7. The van der Waals surface area contributed by atoms with Crippen molar-refractivity contribution in [3.63, 3.8) is 0 Å². The van der Waals surface area contributed by atoms with Gasteiger partial charge in [0.25, 0.3) is 0 Å². The Morgan fingerprint density at radius 3 is 2.35 bits per heavy atom. The van der Waals surface area contributed by atoms with Gasteiger partial charge < -0.3 is 24.8 Å². The lowest BCUT2D eigenvalue weighted by molar-refractivity contribution is -0.120. The van der Waals surface area contributed by atoms with E-state index in [4.69, 9.17) is 14.2 Å². The minimum Gasteiger partial charge on any atom is -0.497 e. The first kappa shape index (κ1) is 26.7. The molecule has 12 heteroatoms. The Balaban J connectivity index is 1.46. The average molecular weight is 547 g/mol. The molecule has 1 amide bonds. The summed E-state index contributed by atoms with van der Waals surface area (Å²) in [5.41, 5.74) is 2.18. The molecule has 2 aromatic carbocycles. The molecular weight excluding hydrogens is 516 g/mol. The number of rotatable bonds is 9. The summed E-state index contributed by atoms with van der Waals surface area (Å²) in [7, 11) is 2.43.